The number of nitrogens with one attached hydrogen (secondary N) is 1. The van der Waals surface area contributed by atoms with Crippen molar-refractivity contribution in [2.75, 3.05) is 5.32 Å². The highest BCUT2D eigenvalue weighted by Crippen LogP contribution is 2.24. The largest absolute Gasteiger partial charge is 0.326 e. The molecule has 3 rings (SSSR count). The lowest BCUT2D eigenvalue weighted by atomic mass is 10.1. The van der Waals surface area contributed by atoms with Crippen molar-refractivity contribution in [2.24, 2.45) is 5.92 Å². The molecule has 8 heteroatoms. The van der Waals surface area contributed by atoms with Gasteiger partial charge in [0.2, 0.25) is 11.1 Å². The fourth-order valence-electron chi connectivity index (χ4n) is 2.65. The monoisotopic (exact) mass is 397 g/mol. The molecular weight excluding hydrogens is 374 g/mol. The molecule has 7 nitrogen and oxygen atoms in total. The van der Waals surface area contributed by atoms with Gasteiger partial charge in [-0.05, 0) is 51.1 Å². The number of fused-ring (bicyclic) bond motifs is 1. The van der Waals surface area contributed by atoms with Gasteiger partial charge in [-0.25, -0.2) is 9.50 Å². The van der Waals surface area contributed by atoms with Crippen LogP contribution >= 0.6 is 11.8 Å². The van der Waals surface area contributed by atoms with Gasteiger partial charge in [0.1, 0.15) is 0 Å². The molecule has 0 saturated heterocycles. The van der Waals surface area contributed by atoms with Gasteiger partial charge < -0.3 is 5.32 Å². The number of hydrogen-bond donors (Lipinski definition) is 1. The number of aromatic nitrogens is 4. The van der Waals surface area contributed by atoms with Crippen LogP contribution in [0.1, 0.15) is 42.5 Å². The van der Waals surface area contributed by atoms with Crippen LogP contribution in [0.3, 0.4) is 0 Å². The van der Waals surface area contributed by atoms with E-state index in [0.29, 0.717) is 22.2 Å². The van der Waals surface area contributed by atoms with E-state index in [1.54, 1.807) is 28.8 Å². The number of rotatable bonds is 6. The van der Waals surface area contributed by atoms with Gasteiger partial charge in [-0.2, -0.15) is 4.98 Å². The average Bonchev–Trinajstić information content (AvgIpc) is 3.04. The topological polar surface area (TPSA) is 89.3 Å². The third-order valence-corrected chi connectivity index (χ3v) is 5.16. The predicted molar refractivity (Wildman–Crippen MR) is 110 cm³/mol. The summed E-state index contributed by atoms with van der Waals surface area (Å²) in [5.41, 5.74) is 3.08. The molecule has 0 radical (unpaired) electrons. The van der Waals surface area contributed by atoms with Crippen molar-refractivity contribution in [1.82, 2.24) is 19.6 Å². The van der Waals surface area contributed by atoms with Crippen LogP contribution in [0.4, 0.5) is 5.69 Å². The molecule has 0 saturated carbocycles. The maximum Gasteiger partial charge on any atom is 0.253 e. The Kier molecular flexibility index (Phi) is 5.79. The van der Waals surface area contributed by atoms with E-state index in [4.69, 9.17) is 0 Å². The zero-order chi connectivity index (χ0) is 20.4. The molecule has 1 N–H and O–H groups in total. The lowest BCUT2D eigenvalue weighted by Crippen LogP contribution is -2.18. The van der Waals surface area contributed by atoms with E-state index >= 15 is 0 Å². The number of carbonyl (C=O) groups excluding carboxylic acids is 2. The molecule has 1 atom stereocenters. The van der Waals surface area contributed by atoms with E-state index in [-0.39, 0.29) is 22.9 Å². The van der Waals surface area contributed by atoms with E-state index in [1.807, 2.05) is 40.7 Å². The molecule has 28 heavy (non-hydrogen) atoms. The summed E-state index contributed by atoms with van der Waals surface area (Å²) >= 11 is 1.30. The first-order valence-electron chi connectivity index (χ1n) is 9.07. The molecule has 3 aromatic rings. The summed E-state index contributed by atoms with van der Waals surface area (Å²) in [6.45, 7) is 9.35. The Balaban J connectivity index is 1.70. The smallest absolute Gasteiger partial charge is 0.253 e. The second-order valence-electron chi connectivity index (χ2n) is 6.99. The minimum absolute atomic E-state index is 0.0218. The molecule has 1 amide bonds. The fraction of sp³-hybridized carbons (Fsp3) is 0.350. The first kappa shape index (κ1) is 20.0. The van der Waals surface area contributed by atoms with Gasteiger partial charge in [-0.15, -0.1) is 5.10 Å². The normalized spacial score (nSPS) is 12.4. The van der Waals surface area contributed by atoms with Gasteiger partial charge in [-0.1, -0.05) is 25.6 Å². The van der Waals surface area contributed by atoms with Crippen LogP contribution in [0.2, 0.25) is 0 Å². The zero-order valence-electron chi connectivity index (χ0n) is 16.6. The molecule has 1 unspecified atom stereocenters. The van der Waals surface area contributed by atoms with E-state index < -0.39 is 0 Å². The number of anilines is 1. The quantitative estimate of drug-likeness (QED) is 0.504. The third kappa shape index (κ3) is 4.39. The van der Waals surface area contributed by atoms with Crippen LogP contribution in [0.5, 0.6) is 0 Å². The summed E-state index contributed by atoms with van der Waals surface area (Å²) in [4.78, 5) is 33.3. The number of hydrogen-bond acceptors (Lipinski definition) is 6. The number of carbonyl (C=O) groups is 2. The highest BCUT2D eigenvalue weighted by molar-refractivity contribution is 8.00. The lowest BCUT2D eigenvalue weighted by Gasteiger charge is -2.10. The standard InChI is InChI=1S/C20H23N5O2S/c1-11(2)18(27)22-16-8-6-15(7-9-16)17(26)14(5)28-20-23-19-21-12(3)10-13(4)25(19)24-20/h6-11,14H,1-5H3,(H,22,27). The summed E-state index contributed by atoms with van der Waals surface area (Å²) in [5.74, 6) is 0.356. The van der Waals surface area contributed by atoms with Crippen molar-refractivity contribution >= 4 is 34.9 Å². The highest BCUT2D eigenvalue weighted by Gasteiger charge is 2.20. The Bertz CT molecular complexity index is 1030. The molecule has 2 aromatic heterocycles. The van der Waals surface area contributed by atoms with Gasteiger partial charge in [0.25, 0.3) is 5.78 Å². The molecule has 2 heterocycles. The number of amides is 1. The van der Waals surface area contributed by atoms with Crippen molar-refractivity contribution in [3.63, 3.8) is 0 Å². The lowest BCUT2D eigenvalue weighted by molar-refractivity contribution is -0.118. The number of benzene rings is 1. The number of thioether (sulfide) groups is 1. The van der Waals surface area contributed by atoms with Crippen LogP contribution in [0.25, 0.3) is 5.78 Å². The van der Waals surface area contributed by atoms with Crippen molar-refractivity contribution in [3.05, 3.63) is 47.3 Å². The van der Waals surface area contributed by atoms with Gasteiger partial charge in [-0.3, -0.25) is 9.59 Å². The number of Topliss-reactive ketones (excluding diaryl/α,β-unsaturated/α-hetero) is 1. The van der Waals surface area contributed by atoms with Crippen LogP contribution in [-0.4, -0.2) is 36.5 Å². The van der Waals surface area contributed by atoms with E-state index in [0.717, 1.165) is 11.4 Å². The summed E-state index contributed by atoms with van der Waals surface area (Å²) in [7, 11) is 0. The summed E-state index contributed by atoms with van der Waals surface area (Å²) < 4.78 is 1.68. The highest BCUT2D eigenvalue weighted by atomic mass is 32.2. The van der Waals surface area contributed by atoms with Gasteiger partial charge in [0.05, 0.1) is 5.25 Å². The number of aryl methyl sites for hydroxylation is 2. The van der Waals surface area contributed by atoms with E-state index in [2.05, 4.69) is 20.4 Å². The Morgan fingerprint density at radius 3 is 2.39 bits per heavy atom. The average molecular weight is 398 g/mol. The zero-order valence-corrected chi connectivity index (χ0v) is 17.4. The Hall–Kier alpha value is -2.74. The molecule has 146 valence electrons. The Labute approximate surface area is 168 Å². The maximum atomic E-state index is 12.7. The Morgan fingerprint density at radius 2 is 1.75 bits per heavy atom. The van der Waals surface area contributed by atoms with Crippen LogP contribution in [0, 0.1) is 19.8 Å². The van der Waals surface area contributed by atoms with Crippen molar-refractivity contribution in [1.29, 1.82) is 0 Å². The van der Waals surface area contributed by atoms with Crippen molar-refractivity contribution in [2.45, 2.75) is 45.0 Å². The van der Waals surface area contributed by atoms with Crippen molar-refractivity contribution in [3.8, 4) is 0 Å². The molecular formula is C20H23N5O2S. The minimum Gasteiger partial charge on any atom is -0.326 e. The summed E-state index contributed by atoms with van der Waals surface area (Å²) in [6, 6.07) is 8.86. The molecule has 1 aromatic carbocycles. The Morgan fingerprint density at radius 1 is 1.07 bits per heavy atom. The van der Waals surface area contributed by atoms with Gasteiger partial charge >= 0.3 is 0 Å². The first-order valence-corrected chi connectivity index (χ1v) is 9.95. The molecule has 0 bridgehead atoms. The van der Waals surface area contributed by atoms with Gasteiger partial charge in [0.15, 0.2) is 5.78 Å². The van der Waals surface area contributed by atoms with E-state index in [9.17, 15) is 9.59 Å². The molecule has 0 spiro atoms. The fourth-order valence-corrected chi connectivity index (χ4v) is 3.47. The second-order valence-corrected chi connectivity index (χ2v) is 8.30. The SMILES string of the molecule is Cc1cc(C)n2nc(SC(C)C(=O)c3ccc(NC(=O)C(C)C)cc3)nc2n1. The van der Waals surface area contributed by atoms with Crippen molar-refractivity contribution < 1.29 is 9.59 Å². The molecule has 0 aliphatic rings. The minimum atomic E-state index is -0.352. The van der Waals surface area contributed by atoms with Crippen LogP contribution < -0.4 is 5.32 Å². The molecule has 0 fully saturated rings. The third-order valence-electron chi connectivity index (χ3n) is 4.21. The summed E-state index contributed by atoms with van der Waals surface area (Å²) in [6.07, 6.45) is 0. The van der Waals surface area contributed by atoms with Crippen LogP contribution in [0.15, 0.2) is 35.5 Å². The van der Waals surface area contributed by atoms with Gasteiger partial charge in [0, 0.05) is 28.6 Å². The number of ketones is 1. The molecule has 0 aliphatic carbocycles. The number of nitrogens with zero attached hydrogens (tertiary/aromatic N) is 4. The van der Waals surface area contributed by atoms with Crippen LogP contribution in [-0.2, 0) is 4.79 Å². The first-order chi connectivity index (χ1) is 13.2. The predicted octanol–water partition coefficient (Wildman–Crippen LogP) is 3.70. The van der Waals surface area contributed by atoms with E-state index in [1.165, 1.54) is 11.8 Å². The molecule has 0 aliphatic heterocycles. The maximum absolute atomic E-state index is 12.7. The summed E-state index contributed by atoms with van der Waals surface area (Å²) in [5, 5.41) is 7.42. The second kappa shape index (κ2) is 8.10.